The van der Waals surface area contributed by atoms with Gasteiger partial charge in [-0.2, -0.15) is 11.8 Å². The largest absolute Gasteiger partial charge is 0.469 e. The van der Waals surface area contributed by atoms with Crippen molar-refractivity contribution in [2.45, 2.75) is 31.9 Å². The van der Waals surface area contributed by atoms with Crippen molar-refractivity contribution >= 4 is 11.8 Å². The molecule has 2 unspecified atom stereocenters. The van der Waals surface area contributed by atoms with Crippen LogP contribution in [-0.2, 0) is 11.2 Å². The number of thioether (sulfide) groups is 1. The van der Waals surface area contributed by atoms with Crippen molar-refractivity contribution in [2.24, 2.45) is 0 Å². The van der Waals surface area contributed by atoms with Crippen LogP contribution in [0.25, 0.3) is 0 Å². The third-order valence-corrected chi connectivity index (χ3v) is 3.97. The molecule has 1 aliphatic rings. The summed E-state index contributed by atoms with van der Waals surface area (Å²) >= 11 is 1.98. The minimum absolute atomic E-state index is 0.311. The lowest BCUT2D eigenvalue weighted by Crippen LogP contribution is -2.46. The summed E-state index contributed by atoms with van der Waals surface area (Å²) in [6.45, 7) is 4.10. The molecule has 0 aromatic carbocycles. The van der Waals surface area contributed by atoms with Gasteiger partial charge in [0.2, 0.25) is 0 Å². The highest BCUT2D eigenvalue weighted by Crippen LogP contribution is 2.18. The SMILES string of the molecule is CCCNC(Cc1ccco1)C1CSCCO1. The first kappa shape index (κ1) is 13.0. The molecule has 1 aromatic heterocycles. The molecule has 0 bridgehead atoms. The maximum absolute atomic E-state index is 5.86. The quantitative estimate of drug-likeness (QED) is 0.846. The minimum atomic E-state index is 0.311. The Morgan fingerprint density at radius 2 is 2.53 bits per heavy atom. The van der Waals surface area contributed by atoms with E-state index in [1.807, 2.05) is 23.9 Å². The Labute approximate surface area is 107 Å². The number of nitrogens with one attached hydrogen (secondary N) is 1. The van der Waals surface area contributed by atoms with Gasteiger partial charge in [-0.3, -0.25) is 0 Å². The van der Waals surface area contributed by atoms with E-state index in [0.717, 1.165) is 43.3 Å². The van der Waals surface area contributed by atoms with E-state index in [1.54, 1.807) is 6.26 Å². The van der Waals surface area contributed by atoms with Crippen molar-refractivity contribution in [2.75, 3.05) is 24.7 Å². The summed E-state index contributed by atoms with van der Waals surface area (Å²) in [5.74, 6) is 3.25. The number of ether oxygens (including phenoxy) is 1. The highest BCUT2D eigenvalue weighted by atomic mass is 32.2. The monoisotopic (exact) mass is 255 g/mol. The number of rotatable bonds is 6. The number of hydrogen-bond donors (Lipinski definition) is 1. The molecule has 0 aliphatic carbocycles. The summed E-state index contributed by atoms with van der Waals surface area (Å²) in [4.78, 5) is 0. The second-order valence-electron chi connectivity index (χ2n) is 4.33. The molecule has 0 radical (unpaired) electrons. The Hall–Kier alpha value is -0.450. The molecule has 2 rings (SSSR count). The summed E-state index contributed by atoms with van der Waals surface area (Å²) in [5.41, 5.74) is 0. The normalized spacial score (nSPS) is 22.5. The van der Waals surface area contributed by atoms with Crippen LogP contribution in [0, 0.1) is 0 Å². The van der Waals surface area contributed by atoms with Crippen molar-refractivity contribution < 1.29 is 9.15 Å². The lowest BCUT2D eigenvalue weighted by atomic mass is 10.1. The first-order chi connectivity index (χ1) is 8.40. The van der Waals surface area contributed by atoms with Gasteiger partial charge in [0.1, 0.15) is 5.76 Å². The standard InChI is InChI=1S/C13H21NO2S/c1-2-5-14-12(9-11-4-3-6-15-11)13-10-17-8-7-16-13/h3-4,6,12-14H,2,5,7-10H2,1H3. The second-order valence-corrected chi connectivity index (χ2v) is 5.48. The molecule has 1 N–H and O–H groups in total. The lowest BCUT2D eigenvalue weighted by Gasteiger charge is -2.30. The van der Waals surface area contributed by atoms with Crippen LogP contribution in [-0.4, -0.2) is 36.8 Å². The molecule has 17 heavy (non-hydrogen) atoms. The molecule has 1 aromatic rings. The summed E-state index contributed by atoms with van der Waals surface area (Å²) in [7, 11) is 0. The Bertz CT molecular complexity index is 296. The highest BCUT2D eigenvalue weighted by Gasteiger charge is 2.25. The predicted molar refractivity (Wildman–Crippen MR) is 71.6 cm³/mol. The van der Waals surface area contributed by atoms with Gasteiger partial charge < -0.3 is 14.5 Å². The van der Waals surface area contributed by atoms with E-state index < -0.39 is 0 Å². The van der Waals surface area contributed by atoms with E-state index >= 15 is 0 Å². The molecule has 1 aliphatic heterocycles. The van der Waals surface area contributed by atoms with Gasteiger partial charge in [0, 0.05) is 24.0 Å². The van der Waals surface area contributed by atoms with E-state index in [2.05, 4.69) is 12.2 Å². The molecule has 4 heteroatoms. The molecule has 1 saturated heterocycles. The smallest absolute Gasteiger partial charge is 0.105 e. The van der Waals surface area contributed by atoms with E-state index in [9.17, 15) is 0 Å². The Balaban J connectivity index is 1.91. The van der Waals surface area contributed by atoms with Gasteiger partial charge in [-0.1, -0.05) is 6.92 Å². The molecule has 2 heterocycles. The molecule has 96 valence electrons. The molecule has 0 amide bonds. The van der Waals surface area contributed by atoms with Crippen molar-refractivity contribution in [3.05, 3.63) is 24.2 Å². The first-order valence-corrected chi connectivity index (χ1v) is 7.50. The average Bonchev–Trinajstić information content (AvgIpc) is 2.88. The van der Waals surface area contributed by atoms with Crippen LogP contribution >= 0.6 is 11.8 Å². The van der Waals surface area contributed by atoms with Gasteiger partial charge in [-0.15, -0.1) is 0 Å². The molecular formula is C13H21NO2S. The van der Waals surface area contributed by atoms with E-state index in [4.69, 9.17) is 9.15 Å². The minimum Gasteiger partial charge on any atom is -0.469 e. The lowest BCUT2D eigenvalue weighted by molar-refractivity contribution is 0.0459. The van der Waals surface area contributed by atoms with Crippen LogP contribution in [0.4, 0.5) is 0 Å². The zero-order valence-corrected chi connectivity index (χ0v) is 11.2. The predicted octanol–water partition coefficient (Wildman–Crippen LogP) is 2.32. The highest BCUT2D eigenvalue weighted by molar-refractivity contribution is 7.99. The Kier molecular flexibility index (Phi) is 5.42. The van der Waals surface area contributed by atoms with Crippen LogP contribution in [0.3, 0.4) is 0 Å². The summed E-state index contributed by atoms with van der Waals surface area (Å²) in [6, 6.07) is 4.35. The maximum atomic E-state index is 5.86. The van der Waals surface area contributed by atoms with E-state index in [-0.39, 0.29) is 0 Å². The van der Waals surface area contributed by atoms with E-state index in [0.29, 0.717) is 12.1 Å². The molecule has 0 saturated carbocycles. The summed E-state index contributed by atoms with van der Waals surface area (Å²) in [5, 5.41) is 3.58. The molecule has 0 spiro atoms. The van der Waals surface area contributed by atoms with Crippen molar-refractivity contribution in [3.63, 3.8) is 0 Å². The Morgan fingerprint density at radius 3 is 3.18 bits per heavy atom. The van der Waals surface area contributed by atoms with Crippen LogP contribution < -0.4 is 5.32 Å². The number of furan rings is 1. The zero-order valence-electron chi connectivity index (χ0n) is 10.4. The van der Waals surface area contributed by atoms with Gasteiger partial charge in [-0.25, -0.2) is 0 Å². The van der Waals surface area contributed by atoms with Crippen LogP contribution in [0.1, 0.15) is 19.1 Å². The van der Waals surface area contributed by atoms with Crippen LogP contribution in [0.2, 0.25) is 0 Å². The van der Waals surface area contributed by atoms with Crippen LogP contribution in [0.5, 0.6) is 0 Å². The summed E-state index contributed by atoms with van der Waals surface area (Å²) in [6.07, 6.45) is 4.11. The van der Waals surface area contributed by atoms with Gasteiger partial charge in [0.15, 0.2) is 0 Å². The Morgan fingerprint density at radius 1 is 1.59 bits per heavy atom. The third kappa shape index (κ3) is 4.05. The summed E-state index contributed by atoms with van der Waals surface area (Å²) < 4.78 is 11.3. The molecule has 2 atom stereocenters. The molecule has 3 nitrogen and oxygen atoms in total. The van der Waals surface area contributed by atoms with Crippen molar-refractivity contribution in [1.29, 1.82) is 0 Å². The fourth-order valence-electron chi connectivity index (χ4n) is 2.05. The molecule has 1 fully saturated rings. The fourth-order valence-corrected chi connectivity index (χ4v) is 2.99. The van der Waals surface area contributed by atoms with Gasteiger partial charge in [0.05, 0.1) is 19.0 Å². The first-order valence-electron chi connectivity index (χ1n) is 6.35. The van der Waals surface area contributed by atoms with Crippen molar-refractivity contribution in [1.82, 2.24) is 5.32 Å². The maximum Gasteiger partial charge on any atom is 0.105 e. The van der Waals surface area contributed by atoms with Crippen molar-refractivity contribution in [3.8, 4) is 0 Å². The fraction of sp³-hybridized carbons (Fsp3) is 0.692. The van der Waals surface area contributed by atoms with Gasteiger partial charge >= 0.3 is 0 Å². The average molecular weight is 255 g/mol. The van der Waals surface area contributed by atoms with Gasteiger partial charge in [0.25, 0.3) is 0 Å². The van der Waals surface area contributed by atoms with Gasteiger partial charge in [-0.05, 0) is 25.1 Å². The topological polar surface area (TPSA) is 34.4 Å². The van der Waals surface area contributed by atoms with Crippen LogP contribution in [0.15, 0.2) is 22.8 Å². The zero-order chi connectivity index (χ0) is 11.9. The second kappa shape index (κ2) is 7.09. The molecular weight excluding hydrogens is 234 g/mol. The van der Waals surface area contributed by atoms with E-state index in [1.165, 1.54) is 0 Å². The third-order valence-electron chi connectivity index (χ3n) is 2.95. The number of hydrogen-bond acceptors (Lipinski definition) is 4.